The second-order valence-electron chi connectivity index (χ2n) is 30.0. The number of nitrogens with two attached hydrogens (primary N) is 8. The quantitative estimate of drug-likeness (QED) is 0.0271. The van der Waals surface area contributed by atoms with Crippen molar-refractivity contribution in [3.8, 4) is 0 Å². The van der Waals surface area contributed by atoms with Crippen LogP contribution in [0.15, 0.2) is 0 Å². The zero-order valence-electron chi connectivity index (χ0n) is 70.9. The van der Waals surface area contributed by atoms with Gasteiger partial charge in [0.2, 0.25) is 0 Å². The van der Waals surface area contributed by atoms with Crippen molar-refractivity contribution in [1.29, 1.82) is 0 Å². The third kappa shape index (κ3) is 25.6. The molecule has 0 spiro atoms. The lowest BCUT2D eigenvalue weighted by atomic mass is 9.93. The van der Waals surface area contributed by atoms with Crippen molar-refractivity contribution in [2.45, 2.75) is 246 Å². The average Bonchev–Trinajstić information content (AvgIpc) is 0.759. The summed E-state index contributed by atoms with van der Waals surface area (Å²) in [4.78, 5) is 101. The molecule has 0 unspecified atom stereocenters. The highest BCUT2D eigenvalue weighted by atomic mass is 16.8. The summed E-state index contributed by atoms with van der Waals surface area (Å²) < 4.78 is 204. The summed E-state index contributed by atoms with van der Waals surface area (Å²) in [6, 6.07) is 0. The van der Waals surface area contributed by atoms with Gasteiger partial charge in [-0.3, -0.25) is 0 Å². The Labute approximate surface area is 730 Å². The van der Waals surface area contributed by atoms with Crippen LogP contribution in [0.2, 0.25) is 0 Å². The van der Waals surface area contributed by atoms with Crippen molar-refractivity contribution in [3.63, 3.8) is 0 Å². The zero-order chi connectivity index (χ0) is 93.7. The number of methoxy groups -OCH3 is 8. The number of hydrogen-bond acceptors (Lipinski definition) is 48. The fraction of sp³-hybridized carbons (Fsp3) is 0.889. The van der Waals surface area contributed by atoms with Gasteiger partial charge in [0.15, 0.2) is 50.3 Å². The molecule has 30 saturated heterocycles. The van der Waals surface area contributed by atoms with Crippen molar-refractivity contribution in [1.82, 2.24) is 0 Å². The summed E-state index contributed by atoms with van der Waals surface area (Å²) >= 11 is 0. The van der Waals surface area contributed by atoms with Crippen LogP contribution in [0.4, 0.5) is 0 Å². The molecule has 30 aliphatic heterocycles. The van der Waals surface area contributed by atoms with E-state index in [-0.39, 0.29) is 0 Å². The Morgan fingerprint density at radius 1 is 0.180 bits per heavy atom. The van der Waals surface area contributed by atoms with Crippen molar-refractivity contribution in [2.24, 2.45) is 45.9 Å². The molecule has 0 aromatic rings. The molecular weight excluding hydrogens is 1740 g/mol. The molecule has 0 aromatic carbocycles. The molecule has 30 fully saturated rings. The SMILES string of the molecule is CO[C@@H]1[C@@H](OCC(=O)O)[C@H]2O[C@H]3[C@H](OC)[C@@H](OCC(=O)O)[C@@H](O[C@H]4[C@@H](OC)[C@@H](OCC(=O)O)[C@@H](O[C@H]5[C@@H](OC)[C@@H](OCC(=O)O)[C@@H](O[C@H]6[C@H](OC)[C@H](OCC(=O)O)[C@@H](O[C@H]7[C@H](OC)[C@H](OCC(=O)O)[C@@H](O[C@H]8[C@H](OC)[C@@H](OCC(=O)O)[C@@H](O[C@H]9[C@@H](OC)[C@H](OCC(=O)O)[C@@H](O[C@@H]1[C@H](CN)O2)O[C@H]9CN)O[C@@H]8CN)O[C@@H]7CN)O[C@@H]6CN)O[C@@H]5CN)O[C@@H]4CN)O[C@H]3CN. The Kier molecular flexibility index (Phi) is 41.7. The molecule has 56 heteroatoms. The van der Waals surface area contributed by atoms with Crippen LogP contribution in [0.3, 0.4) is 0 Å². The Hall–Kier alpha value is -5.84. The molecule has 0 amide bonds. The summed E-state index contributed by atoms with van der Waals surface area (Å²) in [5, 5.41) is 81.8. The van der Waals surface area contributed by atoms with Crippen molar-refractivity contribution < 1.29 is 231 Å². The van der Waals surface area contributed by atoms with E-state index in [0.717, 1.165) is 56.9 Å². The molecular formula is C72H120N8O48. The number of carboxylic acid groups (broad SMARTS) is 8. The van der Waals surface area contributed by atoms with E-state index in [1.165, 1.54) is 0 Å². The molecule has 30 aliphatic rings. The summed E-state index contributed by atoms with van der Waals surface area (Å²) in [6.07, 6.45) is -67.2. The molecule has 0 radical (unpaired) electrons. The number of carbonyl (C=O) groups is 8. The van der Waals surface area contributed by atoms with Crippen LogP contribution in [0.25, 0.3) is 0 Å². The van der Waals surface area contributed by atoms with E-state index in [1.807, 2.05) is 0 Å². The molecule has 0 aromatic heterocycles. The third-order valence-electron chi connectivity index (χ3n) is 22.3. The number of ether oxygens (including phenoxy) is 32. The van der Waals surface area contributed by atoms with Gasteiger partial charge in [-0.05, 0) is 0 Å². The summed E-state index contributed by atoms with van der Waals surface area (Å²) in [6.45, 7) is -13.3. The van der Waals surface area contributed by atoms with E-state index in [2.05, 4.69) is 0 Å². The maximum Gasteiger partial charge on any atom is 0.329 e. The molecule has 24 N–H and O–H groups in total. The van der Waals surface area contributed by atoms with E-state index in [1.54, 1.807) is 0 Å². The summed E-state index contributed by atoms with van der Waals surface area (Å²) in [5.41, 5.74) is 52.2. The predicted octanol–water partition coefficient (Wildman–Crippen LogP) is -11.6. The van der Waals surface area contributed by atoms with Gasteiger partial charge in [-0.25, -0.2) is 38.4 Å². The smallest absolute Gasteiger partial charge is 0.329 e. The van der Waals surface area contributed by atoms with Crippen molar-refractivity contribution in [2.75, 3.05) is 162 Å². The van der Waals surface area contributed by atoms with Gasteiger partial charge in [0.1, 0.15) is 248 Å². The van der Waals surface area contributed by atoms with E-state index in [4.69, 9.17) is 197 Å². The zero-order valence-corrected chi connectivity index (χ0v) is 70.9. The highest BCUT2D eigenvalue weighted by Gasteiger charge is 2.64. The fourth-order valence-electron chi connectivity index (χ4n) is 16.9. The van der Waals surface area contributed by atoms with E-state index in [9.17, 15) is 79.2 Å². The molecule has 56 nitrogen and oxygen atoms in total. The van der Waals surface area contributed by atoms with Gasteiger partial charge in [-0.1, -0.05) is 0 Å². The monoisotopic (exact) mass is 1860 g/mol. The van der Waals surface area contributed by atoms with Crippen molar-refractivity contribution >= 4 is 47.8 Å². The van der Waals surface area contributed by atoms with E-state index < -0.39 is 399 Å². The average molecular weight is 1870 g/mol. The Morgan fingerprint density at radius 2 is 0.273 bits per heavy atom. The topological polar surface area (TPSA) is 802 Å². The lowest BCUT2D eigenvalue weighted by molar-refractivity contribution is -0.406. The molecule has 0 aliphatic carbocycles. The van der Waals surface area contributed by atoms with E-state index in [0.29, 0.717) is 0 Å². The largest absolute Gasteiger partial charge is 0.480 e. The van der Waals surface area contributed by atoms with Crippen molar-refractivity contribution in [3.05, 3.63) is 0 Å². The first-order valence-electron chi connectivity index (χ1n) is 40.3. The molecule has 30 rings (SSSR count). The maximum atomic E-state index is 12.6. The number of carboxylic acids is 8. The second kappa shape index (κ2) is 50.5. The molecule has 30 heterocycles. The number of rotatable bonds is 40. The number of aliphatic carboxylic acids is 8. The second-order valence-corrected chi connectivity index (χ2v) is 30.0. The molecule has 736 valence electrons. The van der Waals surface area contributed by atoms with Crippen LogP contribution in [0.1, 0.15) is 0 Å². The minimum absolute atomic E-state index is 0.543. The van der Waals surface area contributed by atoms with Gasteiger partial charge in [-0.15, -0.1) is 0 Å². The minimum Gasteiger partial charge on any atom is -0.480 e. The van der Waals surface area contributed by atoms with Crippen LogP contribution in [0.5, 0.6) is 0 Å². The lowest BCUT2D eigenvalue weighted by Gasteiger charge is -2.53. The Morgan fingerprint density at radius 3 is 0.344 bits per heavy atom. The lowest BCUT2D eigenvalue weighted by Crippen LogP contribution is -2.71. The van der Waals surface area contributed by atoms with Gasteiger partial charge in [0.05, 0.1) is 0 Å². The number of hydrogen-bond donors (Lipinski definition) is 16. The highest BCUT2D eigenvalue weighted by molar-refractivity contribution is 5.70. The first-order chi connectivity index (χ1) is 61.3. The molecule has 128 heavy (non-hydrogen) atoms. The van der Waals surface area contributed by atoms with Gasteiger partial charge in [0.25, 0.3) is 0 Å². The van der Waals surface area contributed by atoms with Gasteiger partial charge in [0, 0.05) is 109 Å². The van der Waals surface area contributed by atoms with Crippen LogP contribution < -0.4 is 45.9 Å². The van der Waals surface area contributed by atoms with Crippen LogP contribution in [0, 0.1) is 0 Å². The third-order valence-corrected chi connectivity index (χ3v) is 22.3. The van der Waals surface area contributed by atoms with E-state index >= 15 is 0 Å². The summed E-state index contributed by atoms with van der Waals surface area (Å²) in [7, 11) is 9.17. The first kappa shape index (κ1) is 106. The summed E-state index contributed by atoms with van der Waals surface area (Å²) in [5.74, 6) is -12.4. The highest BCUT2D eigenvalue weighted by Crippen LogP contribution is 2.44. The predicted molar refractivity (Wildman–Crippen MR) is 406 cm³/mol. The fourth-order valence-corrected chi connectivity index (χ4v) is 16.9. The first-order valence-corrected chi connectivity index (χ1v) is 40.3. The minimum atomic E-state index is -1.88. The Balaban J connectivity index is 1.20. The van der Waals surface area contributed by atoms with Crippen LogP contribution >= 0.6 is 0 Å². The van der Waals surface area contributed by atoms with Crippen LogP contribution in [-0.2, 0) is 190 Å². The maximum absolute atomic E-state index is 12.6. The van der Waals surface area contributed by atoms with Gasteiger partial charge < -0.3 is 238 Å². The molecule has 40 atom stereocenters. The van der Waals surface area contributed by atoms with Gasteiger partial charge >= 0.3 is 47.8 Å². The Bertz CT molecular complexity index is 2830. The molecule has 0 saturated carbocycles. The molecule has 16 bridgehead atoms. The van der Waals surface area contributed by atoms with Gasteiger partial charge in [-0.2, -0.15) is 0 Å². The van der Waals surface area contributed by atoms with Crippen LogP contribution in [-0.4, -0.2) is 496 Å². The normalized spacial score (nSPS) is 41.5. The standard InChI is InChI=1S/C72H120N8O48/c1-97-49-41-25(9-73)113-65(57(49)105-17-33(81)82)122-42-26(10-74)115-67(59(50(42)98-2)107-19-35(85)86)124-44-28(12-76)117-69(61(52(44)100-4)109-21-37(89)90)126-46-30(14-78)119-71(63(54(46)102-6)111-23-39(93)94)128-48-32(16-80)120-72(64(56(48)104-8)112-24-40(95)96)127-47-31(15-79)118-70(62(55(47)103-7)110-22-38(91)92)125-45-29(13-77)116-68(60(53(45)101-5)108-20-36(87)88)123-43-27(11-75)114-66(121-41)58(51(43)99-3)106-18-34(83)84/h25-32,41-72H,9-24,73-80H2,1-8H3,(H,81,82)(H,83,84)(H,85,86)(H,87,88)(H,89,90)(H,91,92)(H,93,94)(H,95,96)/t25-,26-,27-,28-,29-,30+,31+,32+,41-,42-,43-,44-,45-,46-,47-,48-,49+,50+,51-,52+,53-,54-,55+,56+,57+,58-,59+,60-,61-,62-,63+,64-,65-,66-,67-,68-,69-,70-,71-,72-/m1/s1.